The van der Waals surface area contributed by atoms with Crippen LogP contribution in [0, 0.1) is 0 Å². The molecule has 1 N–H and O–H groups in total. The molecule has 2 aromatic heterocycles. The quantitative estimate of drug-likeness (QED) is 0.888. The Bertz CT molecular complexity index is 448. The molecule has 0 radical (unpaired) electrons. The minimum Gasteiger partial charge on any atom is -0.355 e. The lowest BCUT2D eigenvalue weighted by atomic mass is 10.2. The van der Waals surface area contributed by atoms with Gasteiger partial charge < -0.3 is 5.32 Å². The molecule has 0 amide bonds. The summed E-state index contributed by atoms with van der Waals surface area (Å²) in [6.45, 7) is 5.12. The molecule has 0 saturated carbocycles. The summed E-state index contributed by atoms with van der Waals surface area (Å²) in [6.07, 6.45) is 1.99. The van der Waals surface area contributed by atoms with Crippen LogP contribution in [0.3, 0.4) is 0 Å². The van der Waals surface area contributed by atoms with Crippen LogP contribution in [-0.4, -0.2) is 9.36 Å². The van der Waals surface area contributed by atoms with Crippen LogP contribution in [-0.2, 0) is 19.4 Å². The molecule has 0 aliphatic heterocycles. The van der Waals surface area contributed by atoms with Gasteiger partial charge >= 0.3 is 0 Å². The lowest BCUT2D eigenvalue weighted by molar-refractivity contribution is 0.992. The highest BCUT2D eigenvalue weighted by Gasteiger charge is 2.05. The zero-order valence-corrected chi connectivity index (χ0v) is 11.1. The van der Waals surface area contributed by atoms with Crippen LogP contribution in [0.2, 0.25) is 0 Å². The van der Waals surface area contributed by atoms with Crippen LogP contribution in [0.15, 0.2) is 11.4 Å². The van der Waals surface area contributed by atoms with Crippen LogP contribution in [0.1, 0.15) is 30.1 Å². The van der Waals surface area contributed by atoms with Gasteiger partial charge in [-0.15, -0.1) is 11.3 Å². The first-order valence-electron chi connectivity index (χ1n) is 5.45. The van der Waals surface area contributed by atoms with Gasteiger partial charge in [-0.25, -0.2) is 4.98 Å². The van der Waals surface area contributed by atoms with Gasteiger partial charge in [-0.2, -0.15) is 4.37 Å². The van der Waals surface area contributed by atoms with E-state index in [0.29, 0.717) is 0 Å². The highest BCUT2D eigenvalue weighted by molar-refractivity contribution is 7.10. The maximum absolute atomic E-state index is 4.38. The molecule has 0 spiro atoms. The molecule has 86 valence electrons. The molecule has 0 aliphatic carbocycles. The lowest BCUT2D eigenvalue weighted by Crippen LogP contribution is -1.99. The van der Waals surface area contributed by atoms with Gasteiger partial charge in [0.25, 0.3) is 0 Å². The smallest absolute Gasteiger partial charge is 0.202 e. The average molecular weight is 253 g/mol. The summed E-state index contributed by atoms with van der Waals surface area (Å²) in [5.74, 6) is 0.925. The van der Waals surface area contributed by atoms with Crippen molar-refractivity contribution >= 4 is 28.0 Å². The third kappa shape index (κ3) is 2.59. The fourth-order valence-electron chi connectivity index (χ4n) is 1.46. The number of hydrogen-bond donors (Lipinski definition) is 1. The predicted octanol–water partition coefficient (Wildman–Crippen LogP) is 3.34. The number of thiophene rings is 1. The van der Waals surface area contributed by atoms with Crippen molar-refractivity contribution in [2.75, 3.05) is 5.32 Å². The van der Waals surface area contributed by atoms with Gasteiger partial charge in [-0.3, -0.25) is 0 Å². The number of rotatable bonds is 5. The second kappa shape index (κ2) is 5.41. The Labute approximate surface area is 104 Å². The molecular formula is C11H15N3S2. The van der Waals surface area contributed by atoms with Crippen molar-refractivity contribution in [2.24, 2.45) is 0 Å². The maximum Gasteiger partial charge on any atom is 0.202 e. The highest BCUT2D eigenvalue weighted by atomic mass is 32.1. The van der Waals surface area contributed by atoms with Gasteiger partial charge in [-0.05, 0) is 23.4 Å². The van der Waals surface area contributed by atoms with E-state index in [0.717, 1.165) is 30.3 Å². The minimum absolute atomic E-state index is 0.860. The third-order valence-corrected chi connectivity index (χ3v) is 4.08. The molecule has 2 heterocycles. The van der Waals surface area contributed by atoms with Crippen molar-refractivity contribution in [3.63, 3.8) is 0 Å². The van der Waals surface area contributed by atoms with Crippen LogP contribution >= 0.6 is 22.9 Å². The Morgan fingerprint density at radius 1 is 1.31 bits per heavy atom. The normalized spacial score (nSPS) is 10.6. The van der Waals surface area contributed by atoms with E-state index in [4.69, 9.17) is 0 Å². The van der Waals surface area contributed by atoms with Gasteiger partial charge in [-0.1, -0.05) is 13.8 Å². The SMILES string of the molecule is CCc1nsc(NCc2sccc2CC)n1. The Morgan fingerprint density at radius 3 is 2.88 bits per heavy atom. The Hall–Kier alpha value is -0.940. The van der Waals surface area contributed by atoms with E-state index in [1.807, 2.05) is 0 Å². The van der Waals surface area contributed by atoms with Crippen LogP contribution in [0.4, 0.5) is 5.13 Å². The van der Waals surface area contributed by atoms with Crippen molar-refractivity contribution in [2.45, 2.75) is 33.2 Å². The van der Waals surface area contributed by atoms with Crippen LogP contribution in [0.5, 0.6) is 0 Å². The van der Waals surface area contributed by atoms with Gasteiger partial charge in [0.15, 0.2) is 0 Å². The molecule has 0 fully saturated rings. The Morgan fingerprint density at radius 2 is 2.19 bits per heavy atom. The fraction of sp³-hybridized carbons (Fsp3) is 0.455. The average Bonchev–Trinajstić information content (AvgIpc) is 2.94. The number of anilines is 1. The molecule has 16 heavy (non-hydrogen) atoms. The Balaban J connectivity index is 1.96. The zero-order chi connectivity index (χ0) is 11.4. The van der Waals surface area contributed by atoms with E-state index in [-0.39, 0.29) is 0 Å². The summed E-state index contributed by atoms with van der Waals surface area (Å²) in [5.41, 5.74) is 1.43. The van der Waals surface area contributed by atoms with E-state index >= 15 is 0 Å². The topological polar surface area (TPSA) is 37.8 Å². The zero-order valence-electron chi connectivity index (χ0n) is 9.49. The monoisotopic (exact) mass is 253 g/mol. The van der Waals surface area contributed by atoms with Gasteiger partial charge in [0.2, 0.25) is 5.13 Å². The molecule has 0 aliphatic rings. The fourth-order valence-corrected chi connectivity index (χ4v) is 3.02. The number of aromatic nitrogens is 2. The van der Waals surface area contributed by atoms with E-state index in [2.05, 4.69) is 40.0 Å². The van der Waals surface area contributed by atoms with E-state index < -0.39 is 0 Å². The first-order chi connectivity index (χ1) is 7.83. The molecule has 0 atom stereocenters. The summed E-state index contributed by atoms with van der Waals surface area (Å²) in [6, 6.07) is 2.19. The molecular weight excluding hydrogens is 238 g/mol. The molecule has 3 nitrogen and oxygen atoms in total. The van der Waals surface area contributed by atoms with Crippen molar-refractivity contribution in [3.8, 4) is 0 Å². The van der Waals surface area contributed by atoms with Gasteiger partial charge in [0, 0.05) is 22.8 Å². The van der Waals surface area contributed by atoms with Crippen molar-refractivity contribution < 1.29 is 0 Å². The lowest BCUT2D eigenvalue weighted by Gasteiger charge is -2.01. The number of aryl methyl sites for hydroxylation is 2. The van der Waals surface area contributed by atoms with Gasteiger partial charge in [0.05, 0.1) is 6.54 Å². The first kappa shape index (κ1) is 11.5. The van der Waals surface area contributed by atoms with E-state index in [1.165, 1.54) is 22.0 Å². The predicted molar refractivity (Wildman–Crippen MR) is 70.3 cm³/mol. The third-order valence-electron chi connectivity index (χ3n) is 2.40. The molecule has 0 aromatic carbocycles. The number of hydrogen-bond acceptors (Lipinski definition) is 5. The van der Waals surface area contributed by atoms with Crippen molar-refractivity contribution in [1.29, 1.82) is 0 Å². The molecule has 2 rings (SSSR count). The standard InChI is InChI=1S/C11H15N3S2/c1-3-8-5-6-15-9(8)7-12-11-13-10(4-2)14-16-11/h5-6H,3-4,7H2,1-2H3,(H,12,13,14). The van der Waals surface area contributed by atoms with Crippen molar-refractivity contribution in [1.82, 2.24) is 9.36 Å². The number of nitrogens with one attached hydrogen (secondary N) is 1. The summed E-state index contributed by atoms with van der Waals surface area (Å²) in [7, 11) is 0. The van der Waals surface area contributed by atoms with Gasteiger partial charge in [0.1, 0.15) is 5.82 Å². The molecule has 5 heteroatoms. The summed E-state index contributed by atoms with van der Waals surface area (Å²) >= 11 is 3.24. The first-order valence-corrected chi connectivity index (χ1v) is 7.10. The number of nitrogens with zero attached hydrogens (tertiary/aromatic N) is 2. The van der Waals surface area contributed by atoms with E-state index in [9.17, 15) is 0 Å². The highest BCUT2D eigenvalue weighted by Crippen LogP contribution is 2.20. The summed E-state index contributed by atoms with van der Waals surface area (Å²) in [5, 5.41) is 6.40. The summed E-state index contributed by atoms with van der Waals surface area (Å²) in [4.78, 5) is 5.78. The largest absolute Gasteiger partial charge is 0.355 e. The second-order valence-corrected chi connectivity index (χ2v) is 5.20. The molecule has 0 unspecified atom stereocenters. The van der Waals surface area contributed by atoms with Crippen molar-refractivity contribution in [3.05, 3.63) is 27.7 Å². The second-order valence-electron chi connectivity index (χ2n) is 3.45. The minimum atomic E-state index is 0.860. The molecule has 0 bridgehead atoms. The molecule has 0 saturated heterocycles. The molecule has 2 aromatic rings. The van der Waals surface area contributed by atoms with Crippen LogP contribution < -0.4 is 5.32 Å². The summed E-state index contributed by atoms with van der Waals surface area (Å²) < 4.78 is 4.25. The van der Waals surface area contributed by atoms with E-state index in [1.54, 1.807) is 11.3 Å². The Kier molecular flexibility index (Phi) is 3.90. The maximum atomic E-state index is 4.38. The van der Waals surface area contributed by atoms with Crippen LogP contribution in [0.25, 0.3) is 0 Å².